The molecule has 1 saturated carbocycles. The van der Waals surface area contributed by atoms with Crippen LogP contribution in [-0.4, -0.2) is 30.8 Å². The van der Waals surface area contributed by atoms with Gasteiger partial charge in [-0.2, -0.15) is 0 Å². The molecule has 1 amide bonds. The van der Waals surface area contributed by atoms with Crippen molar-refractivity contribution in [2.45, 2.75) is 38.3 Å². The van der Waals surface area contributed by atoms with Gasteiger partial charge in [0.2, 0.25) is 6.79 Å². The largest absolute Gasteiger partial charge is 0.494 e. The van der Waals surface area contributed by atoms with Crippen molar-refractivity contribution in [3.63, 3.8) is 0 Å². The average Bonchev–Trinajstić information content (AvgIpc) is 3.36. The van der Waals surface area contributed by atoms with Crippen LogP contribution >= 0.6 is 0 Å². The van der Waals surface area contributed by atoms with Gasteiger partial charge < -0.3 is 19.1 Å². The summed E-state index contributed by atoms with van der Waals surface area (Å²) in [6.07, 6.45) is 4.14. The van der Waals surface area contributed by atoms with Crippen molar-refractivity contribution >= 4 is 5.91 Å². The van der Waals surface area contributed by atoms with Crippen molar-refractivity contribution in [2.75, 3.05) is 13.9 Å². The van der Waals surface area contributed by atoms with Gasteiger partial charge in [-0.3, -0.25) is 4.79 Å². The number of nitrogens with zero attached hydrogens (tertiary/aromatic N) is 1. The summed E-state index contributed by atoms with van der Waals surface area (Å²) < 4.78 is 29.9. The molecule has 1 aliphatic carbocycles. The number of amides is 1. The molecule has 2 aliphatic rings. The van der Waals surface area contributed by atoms with E-state index in [0.717, 1.165) is 37.0 Å². The quantitative estimate of drug-likeness (QED) is 0.792. The van der Waals surface area contributed by atoms with Gasteiger partial charge in [-0.1, -0.05) is 18.9 Å². The van der Waals surface area contributed by atoms with Gasteiger partial charge in [0.15, 0.2) is 23.1 Å². The fourth-order valence-corrected chi connectivity index (χ4v) is 3.78. The lowest BCUT2D eigenvalue weighted by atomic mass is 10.1. The zero-order chi connectivity index (χ0) is 18.8. The van der Waals surface area contributed by atoms with E-state index in [9.17, 15) is 9.18 Å². The molecule has 2 aromatic carbocycles. The summed E-state index contributed by atoms with van der Waals surface area (Å²) in [6, 6.07) is 10.2. The summed E-state index contributed by atoms with van der Waals surface area (Å²) in [5, 5.41) is 0. The van der Waals surface area contributed by atoms with Gasteiger partial charge in [0.1, 0.15) is 0 Å². The maximum absolute atomic E-state index is 14.1. The molecule has 1 heterocycles. The number of fused-ring (bicyclic) bond motifs is 1. The number of benzene rings is 2. The van der Waals surface area contributed by atoms with Crippen molar-refractivity contribution < 1.29 is 23.4 Å². The van der Waals surface area contributed by atoms with E-state index in [1.807, 2.05) is 23.1 Å². The van der Waals surface area contributed by atoms with Crippen molar-refractivity contribution in [3.05, 3.63) is 53.3 Å². The fourth-order valence-electron chi connectivity index (χ4n) is 3.78. The van der Waals surface area contributed by atoms with Crippen molar-refractivity contribution in [2.24, 2.45) is 0 Å². The average molecular weight is 371 g/mol. The van der Waals surface area contributed by atoms with Gasteiger partial charge in [0.25, 0.3) is 5.91 Å². The van der Waals surface area contributed by atoms with Crippen molar-refractivity contribution in [3.8, 4) is 17.2 Å². The van der Waals surface area contributed by atoms with Crippen LogP contribution in [0, 0.1) is 5.82 Å². The molecule has 0 bridgehead atoms. The molecule has 0 spiro atoms. The van der Waals surface area contributed by atoms with Gasteiger partial charge >= 0.3 is 0 Å². The third-order valence-corrected chi connectivity index (χ3v) is 5.21. The van der Waals surface area contributed by atoms with Crippen LogP contribution in [0.25, 0.3) is 0 Å². The normalized spacial score (nSPS) is 15.8. The number of methoxy groups -OCH3 is 1. The van der Waals surface area contributed by atoms with Crippen molar-refractivity contribution in [1.82, 2.24) is 4.90 Å². The fraction of sp³-hybridized carbons (Fsp3) is 0.381. The van der Waals surface area contributed by atoms with Gasteiger partial charge in [-0.05, 0) is 48.7 Å². The summed E-state index contributed by atoms with van der Waals surface area (Å²) in [5.41, 5.74) is 1.30. The molecule has 4 rings (SSSR count). The first-order valence-electron chi connectivity index (χ1n) is 9.19. The highest BCUT2D eigenvalue weighted by Gasteiger charge is 2.28. The smallest absolute Gasteiger partial charge is 0.254 e. The number of halogens is 1. The van der Waals surface area contributed by atoms with Crippen LogP contribution in [0.1, 0.15) is 41.6 Å². The summed E-state index contributed by atoms with van der Waals surface area (Å²) in [4.78, 5) is 15.0. The lowest BCUT2D eigenvalue weighted by molar-refractivity contribution is 0.0663. The van der Waals surface area contributed by atoms with E-state index in [1.165, 1.54) is 19.2 Å². The first kappa shape index (κ1) is 17.6. The molecule has 0 saturated heterocycles. The highest BCUT2D eigenvalue weighted by Crippen LogP contribution is 2.34. The number of ether oxygens (including phenoxy) is 3. The maximum atomic E-state index is 14.1. The molecule has 6 heteroatoms. The van der Waals surface area contributed by atoms with Crippen molar-refractivity contribution in [1.29, 1.82) is 0 Å². The minimum absolute atomic E-state index is 0.134. The van der Waals surface area contributed by atoms with Crippen LogP contribution in [-0.2, 0) is 6.54 Å². The van der Waals surface area contributed by atoms with E-state index in [4.69, 9.17) is 14.2 Å². The third kappa shape index (κ3) is 3.56. The highest BCUT2D eigenvalue weighted by atomic mass is 19.1. The third-order valence-electron chi connectivity index (χ3n) is 5.21. The number of carbonyl (C=O) groups is 1. The highest BCUT2D eigenvalue weighted by molar-refractivity contribution is 5.94. The maximum Gasteiger partial charge on any atom is 0.254 e. The Morgan fingerprint density at radius 3 is 2.67 bits per heavy atom. The molecule has 2 aromatic rings. The molecule has 142 valence electrons. The number of rotatable bonds is 5. The van der Waals surface area contributed by atoms with Crippen LogP contribution in [0.5, 0.6) is 17.2 Å². The number of hydrogen-bond donors (Lipinski definition) is 0. The second kappa shape index (κ2) is 7.47. The van der Waals surface area contributed by atoms with E-state index in [2.05, 4.69) is 0 Å². The molecule has 0 N–H and O–H groups in total. The van der Waals surface area contributed by atoms with Crippen LogP contribution in [0.4, 0.5) is 4.39 Å². The summed E-state index contributed by atoms with van der Waals surface area (Å²) in [6.45, 7) is 0.670. The van der Waals surface area contributed by atoms with E-state index < -0.39 is 5.82 Å². The minimum Gasteiger partial charge on any atom is -0.494 e. The second-order valence-electron chi connectivity index (χ2n) is 6.91. The lowest BCUT2D eigenvalue weighted by Gasteiger charge is -2.29. The predicted octanol–water partition coefficient (Wildman–Crippen LogP) is 4.15. The Labute approximate surface area is 157 Å². The Kier molecular flexibility index (Phi) is 4.88. The molecule has 27 heavy (non-hydrogen) atoms. The van der Waals surface area contributed by atoms with Crippen LogP contribution in [0.2, 0.25) is 0 Å². The predicted molar refractivity (Wildman–Crippen MR) is 97.6 cm³/mol. The summed E-state index contributed by atoms with van der Waals surface area (Å²) >= 11 is 0. The first-order chi connectivity index (χ1) is 13.2. The number of hydrogen-bond acceptors (Lipinski definition) is 4. The molecule has 1 aliphatic heterocycles. The van der Waals surface area contributed by atoms with Gasteiger partial charge in [0, 0.05) is 18.2 Å². The van der Waals surface area contributed by atoms with E-state index >= 15 is 0 Å². The van der Waals surface area contributed by atoms with Crippen LogP contribution < -0.4 is 14.2 Å². The molecular formula is C21H22FNO4. The van der Waals surface area contributed by atoms with E-state index in [1.54, 1.807) is 6.07 Å². The zero-order valence-electron chi connectivity index (χ0n) is 15.2. The Morgan fingerprint density at radius 2 is 1.93 bits per heavy atom. The Bertz CT molecular complexity index is 848. The molecule has 0 radical (unpaired) electrons. The second-order valence-corrected chi connectivity index (χ2v) is 6.91. The molecule has 0 aromatic heterocycles. The van der Waals surface area contributed by atoms with E-state index in [-0.39, 0.29) is 24.5 Å². The minimum atomic E-state index is -0.530. The molecular weight excluding hydrogens is 349 g/mol. The Balaban J connectivity index is 1.60. The molecule has 5 nitrogen and oxygen atoms in total. The van der Waals surface area contributed by atoms with Crippen LogP contribution in [0.3, 0.4) is 0 Å². The van der Waals surface area contributed by atoms with E-state index in [0.29, 0.717) is 17.9 Å². The molecule has 0 unspecified atom stereocenters. The Morgan fingerprint density at radius 1 is 1.15 bits per heavy atom. The summed E-state index contributed by atoms with van der Waals surface area (Å²) in [5.74, 6) is 0.852. The van der Waals surface area contributed by atoms with Gasteiger partial charge in [-0.25, -0.2) is 4.39 Å². The monoisotopic (exact) mass is 371 g/mol. The zero-order valence-corrected chi connectivity index (χ0v) is 15.2. The SMILES string of the molecule is COc1ccc(C(=O)N(Cc2ccc3c(c2)OCO3)C2CCCC2)cc1F. The number of carbonyl (C=O) groups excluding carboxylic acids is 1. The lowest BCUT2D eigenvalue weighted by Crippen LogP contribution is -2.38. The van der Waals surface area contributed by atoms with Gasteiger partial charge in [0.05, 0.1) is 7.11 Å². The van der Waals surface area contributed by atoms with Gasteiger partial charge in [-0.15, -0.1) is 0 Å². The standard InChI is InChI=1S/C21H22FNO4/c1-25-18-9-7-15(11-17(18)22)21(24)23(16-4-2-3-5-16)12-14-6-8-19-20(10-14)27-13-26-19/h6-11,16H,2-5,12-13H2,1H3. The topological polar surface area (TPSA) is 48.0 Å². The van der Waals surface area contributed by atoms with Crippen LogP contribution in [0.15, 0.2) is 36.4 Å². The Hall–Kier alpha value is -2.76. The molecule has 1 fully saturated rings. The first-order valence-corrected chi connectivity index (χ1v) is 9.19. The molecule has 0 atom stereocenters. The summed E-state index contributed by atoms with van der Waals surface area (Å²) in [7, 11) is 1.41.